The van der Waals surface area contributed by atoms with Gasteiger partial charge in [0.1, 0.15) is 17.0 Å². The number of hydrogen-bond donors (Lipinski definition) is 1. The van der Waals surface area contributed by atoms with Gasteiger partial charge in [-0.1, -0.05) is 23.1 Å². The predicted octanol–water partition coefficient (Wildman–Crippen LogP) is 3.34. The van der Waals surface area contributed by atoms with Crippen LogP contribution in [0, 0.1) is 17.5 Å². The summed E-state index contributed by atoms with van der Waals surface area (Å²) in [5, 5.41) is -0.796. The minimum absolute atomic E-state index is 0.0392. The molecule has 1 aromatic carbocycles. The lowest BCUT2D eigenvalue weighted by molar-refractivity contribution is 0.585. The highest BCUT2D eigenvalue weighted by molar-refractivity contribution is 7.14. The fourth-order valence-corrected chi connectivity index (χ4v) is 3.60. The molecule has 0 amide bonds. The number of hydrogen-bond acceptors (Lipinski definition) is 4. The van der Waals surface area contributed by atoms with Gasteiger partial charge in [0, 0.05) is 17.2 Å². The summed E-state index contributed by atoms with van der Waals surface area (Å²) in [5.74, 6) is -2.70. The first-order chi connectivity index (χ1) is 11.9. The zero-order valence-electron chi connectivity index (χ0n) is 11.9. The quantitative estimate of drug-likeness (QED) is 0.513. The maximum absolute atomic E-state index is 14.3. The van der Waals surface area contributed by atoms with E-state index in [-0.39, 0.29) is 26.9 Å². The molecular formula is C15H5ClF3N3O2S. The molecule has 0 saturated carbocycles. The average Bonchev–Trinajstić information content (AvgIpc) is 2.93. The molecule has 5 nitrogen and oxygen atoms in total. The molecule has 0 saturated heterocycles. The smallest absolute Gasteiger partial charge is 0.271 e. The zero-order valence-corrected chi connectivity index (χ0v) is 13.5. The van der Waals surface area contributed by atoms with E-state index in [0.717, 1.165) is 34.3 Å². The van der Waals surface area contributed by atoms with Gasteiger partial charge in [-0.05, 0) is 12.1 Å². The molecule has 0 bridgehead atoms. The lowest BCUT2D eigenvalue weighted by Crippen LogP contribution is -2.20. The molecule has 0 unspecified atom stereocenters. The lowest BCUT2D eigenvalue weighted by Gasteiger charge is -2.10. The Labute approximate surface area is 145 Å². The summed E-state index contributed by atoms with van der Waals surface area (Å²) in [4.78, 5) is 28.3. The number of pyridine rings is 1. The second kappa shape index (κ2) is 5.43. The van der Waals surface area contributed by atoms with Crippen LogP contribution in [0.5, 0.6) is 0 Å². The Bertz CT molecular complexity index is 1300. The van der Waals surface area contributed by atoms with Crippen molar-refractivity contribution in [1.29, 1.82) is 0 Å². The zero-order chi connectivity index (χ0) is 17.9. The number of rotatable bonds is 1. The van der Waals surface area contributed by atoms with Crippen molar-refractivity contribution in [2.45, 2.75) is 0 Å². The fourth-order valence-electron chi connectivity index (χ4n) is 2.59. The maximum atomic E-state index is 14.3. The molecule has 4 aromatic rings. The number of benzene rings is 1. The van der Waals surface area contributed by atoms with Crippen LogP contribution in [0.3, 0.4) is 0 Å². The number of nitrogens with one attached hydrogen (secondary N) is 1. The summed E-state index contributed by atoms with van der Waals surface area (Å²) in [6.07, 6.45) is 0.772. The fraction of sp³-hybridized carbons (Fsp3) is 0. The van der Waals surface area contributed by atoms with Gasteiger partial charge < -0.3 is 0 Å². The van der Waals surface area contributed by atoms with Gasteiger partial charge in [0.25, 0.3) is 11.1 Å². The van der Waals surface area contributed by atoms with Gasteiger partial charge in [-0.3, -0.25) is 18.4 Å². The molecule has 0 atom stereocenters. The van der Waals surface area contributed by atoms with E-state index in [1.54, 1.807) is 0 Å². The Morgan fingerprint density at radius 3 is 2.64 bits per heavy atom. The molecule has 0 aliphatic rings. The minimum Gasteiger partial charge on any atom is -0.277 e. The van der Waals surface area contributed by atoms with E-state index in [1.165, 1.54) is 0 Å². The van der Waals surface area contributed by atoms with E-state index in [0.29, 0.717) is 6.07 Å². The van der Waals surface area contributed by atoms with Gasteiger partial charge in [-0.25, -0.2) is 18.2 Å². The summed E-state index contributed by atoms with van der Waals surface area (Å²) < 4.78 is 44.6. The van der Waals surface area contributed by atoms with Crippen molar-refractivity contribution in [3.05, 3.63) is 67.7 Å². The molecule has 3 aromatic heterocycles. The minimum atomic E-state index is -0.979. The van der Waals surface area contributed by atoms with Crippen molar-refractivity contribution in [2.24, 2.45) is 0 Å². The van der Waals surface area contributed by atoms with E-state index in [4.69, 9.17) is 11.6 Å². The number of aromatic amines is 1. The highest BCUT2D eigenvalue weighted by Gasteiger charge is 2.22. The van der Waals surface area contributed by atoms with Crippen LogP contribution in [0.4, 0.5) is 13.2 Å². The van der Waals surface area contributed by atoms with Crippen LogP contribution in [0.2, 0.25) is 5.15 Å². The monoisotopic (exact) mass is 383 g/mol. The molecule has 1 N–H and O–H groups in total. The number of halogens is 4. The van der Waals surface area contributed by atoms with Crippen LogP contribution in [-0.4, -0.2) is 13.8 Å². The molecule has 126 valence electrons. The highest BCUT2D eigenvalue weighted by Crippen LogP contribution is 2.34. The van der Waals surface area contributed by atoms with Crippen LogP contribution in [0.15, 0.2) is 34.0 Å². The molecule has 0 aliphatic heterocycles. The van der Waals surface area contributed by atoms with Crippen molar-refractivity contribution in [2.75, 3.05) is 0 Å². The second-order valence-corrected chi connectivity index (χ2v) is 6.29. The third-order valence-corrected chi connectivity index (χ3v) is 4.82. The van der Waals surface area contributed by atoms with Gasteiger partial charge >= 0.3 is 0 Å². The van der Waals surface area contributed by atoms with Crippen molar-refractivity contribution in [1.82, 2.24) is 13.8 Å². The number of fused-ring (bicyclic) bond motifs is 2. The SMILES string of the molecule is O=c1[nH]sc2c(-c3ccc(F)cc3F)c3nc(Cl)c(F)cn3c(=O)c12. The van der Waals surface area contributed by atoms with Gasteiger partial charge in [0.15, 0.2) is 16.6 Å². The second-order valence-electron chi connectivity index (χ2n) is 5.11. The Morgan fingerprint density at radius 2 is 1.92 bits per heavy atom. The molecule has 25 heavy (non-hydrogen) atoms. The topological polar surface area (TPSA) is 67.2 Å². The van der Waals surface area contributed by atoms with E-state index < -0.39 is 33.7 Å². The molecule has 3 heterocycles. The summed E-state index contributed by atoms with van der Waals surface area (Å²) in [6.45, 7) is 0. The molecule has 0 spiro atoms. The Balaban J connectivity index is 2.32. The van der Waals surface area contributed by atoms with Crippen molar-refractivity contribution in [3.8, 4) is 11.1 Å². The molecule has 10 heteroatoms. The Kier molecular flexibility index (Phi) is 3.44. The van der Waals surface area contributed by atoms with Gasteiger partial charge in [0.05, 0.1) is 10.9 Å². The van der Waals surface area contributed by atoms with E-state index in [9.17, 15) is 22.8 Å². The third-order valence-electron chi connectivity index (χ3n) is 3.66. The lowest BCUT2D eigenvalue weighted by atomic mass is 10.0. The third kappa shape index (κ3) is 2.27. The summed E-state index contributed by atoms with van der Waals surface area (Å²) in [5.41, 5.74) is -1.73. The van der Waals surface area contributed by atoms with E-state index in [2.05, 4.69) is 9.36 Å². The molecule has 0 aliphatic carbocycles. The summed E-state index contributed by atoms with van der Waals surface area (Å²) in [7, 11) is 0. The maximum Gasteiger partial charge on any atom is 0.271 e. The summed E-state index contributed by atoms with van der Waals surface area (Å²) in [6, 6.07) is 2.82. The van der Waals surface area contributed by atoms with Crippen LogP contribution in [-0.2, 0) is 0 Å². The van der Waals surface area contributed by atoms with Crippen molar-refractivity contribution >= 4 is 38.9 Å². The molecule has 0 radical (unpaired) electrons. The van der Waals surface area contributed by atoms with Crippen LogP contribution < -0.4 is 11.1 Å². The first kappa shape index (κ1) is 15.9. The largest absolute Gasteiger partial charge is 0.277 e. The Hall–Kier alpha value is -2.65. The number of aromatic nitrogens is 3. The molecule has 4 rings (SSSR count). The predicted molar refractivity (Wildman–Crippen MR) is 87.8 cm³/mol. The first-order valence-corrected chi connectivity index (χ1v) is 7.95. The van der Waals surface area contributed by atoms with E-state index in [1.807, 2.05) is 0 Å². The van der Waals surface area contributed by atoms with Gasteiger partial charge in [-0.15, -0.1) is 0 Å². The highest BCUT2D eigenvalue weighted by atomic mass is 35.5. The van der Waals surface area contributed by atoms with Crippen molar-refractivity contribution < 1.29 is 13.2 Å². The standard InChI is InChI=1S/C15H5ClF3N3O2S/c16-12-8(19)4-22-13(20-12)9(6-2-1-5(17)3-7(6)18)11-10(15(22)24)14(23)21-25-11/h1-4H,(H,21,23). The van der Waals surface area contributed by atoms with Crippen LogP contribution in [0.1, 0.15) is 0 Å². The number of H-pyrrole nitrogens is 1. The van der Waals surface area contributed by atoms with Gasteiger partial charge in [-0.2, -0.15) is 0 Å². The summed E-state index contributed by atoms with van der Waals surface area (Å²) >= 11 is 6.50. The van der Waals surface area contributed by atoms with Crippen molar-refractivity contribution in [3.63, 3.8) is 0 Å². The van der Waals surface area contributed by atoms with Gasteiger partial charge in [0.2, 0.25) is 0 Å². The molecule has 0 fully saturated rings. The first-order valence-electron chi connectivity index (χ1n) is 6.75. The van der Waals surface area contributed by atoms with Crippen LogP contribution in [0.25, 0.3) is 26.9 Å². The van der Waals surface area contributed by atoms with Crippen LogP contribution >= 0.6 is 23.1 Å². The Morgan fingerprint density at radius 1 is 1.16 bits per heavy atom. The van der Waals surface area contributed by atoms with E-state index >= 15 is 0 Å². The normalized spacial score (nSPS) is 11.5. The molecular weight excluding hydrogens is 379 g/mol. The number of nitrogens with zero attached hydrogens (tertiary/aromatic N) is 2. The average molecular weight is 384 g/mol.